The molecule has 43 heavy (non-hydrogen) atoms. The quantitative estimate of drug-likeness (QED) is 0.271. The van der Waals surface area contributed by atoms with Gasteiger partial charge in [0.1, 0.15) is 11.3 Å². The number of benzene rings is 2. The summed E-state index contributed by atoms with van der Waals surface area (Å²) in [5.74, 6) is -4.41. The molecular formula is C30H33Cl2F4N5O2. The molecule has 1 aromatic heterocycles. The molecular weight excluding hydrogens is 609 g/mol. The summed E-state index contributed by atoms with van der Waals surface area (Å²) in [4.78, 5) is 18.0. The van der Waals surface area contributed by atoms with Crippen LogP contribution in [0.25, 0.3) is 11.1 Å². The summed E-state index contributed by atoms with van der Waals surface area (Å²) in [6.07, 6.45) is -0.644. The number of alkyl halides is 4. The summed E-state index contributed by atoms with van der Waals surface area (Å²) < 4.78 is 55.5. The Morgan fingerprint density at radius 3 is 2.37 bits per heavy atom. The van der Waals surface area contributed by atoms with E-state index < -0.39 is 41.5 Å². The molecule has 3 aliphatic rings. The molecule has 0 radical (unpaired) electrons. The van der Waals surface area contributed by atoms with E-state index in [0.717, 1.165) is 54.9 Å². The van der Waals surface area contributed by atoms with Gasteiger partial charge in [-0.25, -0.2) is 22.4 Å². The third kappa shape index (κ3) is 6.58. The molecule has 232 valence electrons. The van der Waals surface area contributed by atoms with Gasteiger partial charge in [-0.05, 0) is 42.7 Å². The van der Waals surface area contributed by atoms with Crippen LogP contribution in [0.5, 0.6) is 0 Å². The maximum atomic E-state index is 13.9. The van der Waals surface area contributed by atoms with Crippen molar-refractivity contribution in [2.75, 3.05) is 55.6 Å². The van der Waals surface area contributed by atoms with Gasteiger partial charge in [-0.2, -0.15) is 5.10 Å². The molecule has 2 unspecified atom stereocenters. The van der Waals surface area contributed by atoms with E-state index in [0.29, 0.717) is 37.5 Å². The SMILES string of the molecule is Cl.O=C(O)c1cnn(C2CCCN(c3cc(Cl)ccc3-c3ccc(N4CCN(CC5CC5(F)F)CC4)cc3)C2)c1C(F)F. The molecule has 0 bridgehead atoms. The first-order valence-corrected chi connectivity index (χ1v) is 14.6. The van der Waals surface area contributed by atoms with Gasteiger partial charge in [-0.15, -0.1) is 12.4 Å². The smallest absolute Gasteiger partial charge is 0.339 e. The van der Waals surface area contributed by atoms with Gasteiger partial charge >= 0.3 is 5.97 Å². The van der Waals surface area contributed by atoms with Crippen molar-refractivity contribution >= 4 is 41.4 Å². The van der Waals surface area contributed by atoms with Crippen molar-refractivity contribution in [2.45, 2.75) is 37.7 Å². The summed E-state index contributed by atoms with van der Waals surface area (Å²) >= 11 is 6.41. The predicted octanol–water partition coefficient (Wildman–Crippen LogP) is 6.88. The van der Waals surface area contributed by atoms with E-state index >= 15 is 0 Å². The van der Waals surface area contributed by atoms with Gasteiger partial charge in [0.05, 0.1) is 12.2 Å². The Kier molecular flexibility index (Phi) is 9.15. The van der Waals surface area contributed by atoms with Gasteiger partial charge in [0.25, 0.3) is 12.3 Å². The van der Waals surface area contributed by atoms with Crippen LogP contribution in [0.15, 0.2) is 48.7 Å². The highest BCUT2D eigenvalue weighted by molar-refractivity contribution is 6.31. The number of rotatable bonds is 8. The summed E-state index contributed by atoms with van der Waals surface area (Å²) in [5.41, 5.74) is 2.81. The lowest BCUT2D eigenvalue weighted by atomic mass is 9.99. The molecule has 1 N–H and O–H groups in total. The van der Waals surface area contributed by atoms with Gasteiger partial charge in [-0.3, -0.25) is 9.58 Å². The van der Waals surface area contributed by atoms with Crippen molar-refractivity contribution < 1.29 is 27.5 Å². The van der Waals surface area contributed by atoms with Crippen LogP contribution >= 0.6 is 24.0 Å². The van der Waals surface area contributed by atoms with Crippen LogP contribution in [0, 0.1) is 5.92 Å². The number of hydrogen-bond donors (Lipinski definition) is 1. The van der Waals surface area contributed by atoms with Gasteiger partial charge < -0.3 is 14.9 Å². The molecule has 2 aromatic carbocycles. The number of aromatic nitrogens is 2. The number of hydrogen-bond acceptors (Lipinski definition) is 5. The van der Waals surface area contributed by atoms with Crippen LogP contribution < -0.4 is 9.80 Å². The molecule has 3 fully saturated rings. The topological polar surface area (TPSA) is 64.8 Å². The maximum absolute atomic E-state index is 13.9. The number of carboxylic acid groups (broad SMARTS) is 1. The van der Waals surface area contributed by atoms with E-state index in [1.54, 1.807) is 0 Å². The zero-order valence-electron chi connectivity index (χ0n) is 23.3. The van der Waals surface area contributed by atoms with Gasteiger partial charge in [0, 0.05) is 80.1 Å². The second-order valence-corrected chi connectivity index (χ2v) is 11.8. The van der Waals surface area contributed by atoms with Gasteiger partial charge in [0.2, 0.25) is 0 Å². The van der Waals surface area contributed by atoms with Gasteiger partial charge in [0.15, 0.2) is 0 Å². The Morgan fingerprint density at radius 1 is 1.05 bits per heavy atom. The zero-order valence-corrected chi connectivity index (χ0v) is 24.9. The number of piperazine rings is 1. The highest BCUT2D eigenvalue weighted by Crippen LogP contribution is 2.49. The molecule has 13 heteroatoms. The van der Waals surface area contributed by atoms with Crippen LogP contribution in [0.4, 0.5) is 28.9 Å². The average molecular weight is 643 g/mol. The fourth-order valence-electron chi connectivity index (χ4n) is 6.25. The number of nitrogens with zero attached hydrogens (tertiary/aromatic N) is 5. The van der Waals surface area contributed by atoms with Crippen LogP contribution in [-0.2, 0) is 0 Å². The molecule has 1 saturated carbocycles. The molecule has 6 rings (SSSR count). The third-order valence-electron chi connectivity index (χ3n) is 8.66. The lowest BCUT2D eigenvalue weighted by Gasteiger charge is -2.37. The van der Waals surface area contributed by atoms with Crippen molar-refractivity contribution in [3.8, 4) is 11.1 Å². The van der Waals surface area contributed by atoms with E-state index in [2.05, 4.69) is 31.9 Å². The minimum absolute atomic E-state index is 0. The lowest BCUT2D eigenvalue weighted by Crippen LogP contribution is -2.47. The number of anilines is 2. The number of carbonyl (C=O) groups is 1. The minimum Gasteiger partial charge on any atom is -0.478 e. The molecule has 1 aliphatic carbocycles. The molecule has 2 saturated heterocycles. The first kappa shape index (κ1) is 31.4. The predicted molar refractivity (Wildman–Crippen MR) is 160 cm³/mol. The van der Waals surface area contributed by atoms with E-state index in [4.69, 9.17) is 11.6 Å². The summed E-state index contributed by atoms with van der Waals surface area (Å²) in [6.45, 7) is 4.58. The Bertz CT molecular complexity index is 1450. The number of halogens is 6. The Labute approximate surface area is 258 Å². The molecule has 3 aromatic rings. The van der Waals surface area contributed by atoms with E-state index in [1.807, 2.05) is 30.3 Å². The normalized spacial score (nSPS) is 22.0. The first-order valence-electron chi connectivity index (χ1n) is 14.2. The Morgan fingerprint density at radius 2 is 1.74 bits per heavy atom. The number of aromatic carboxylic acids is 1. The minimum atomic E-state index is -2.96. The summed E-state index contributed by atoms with van der Waals surface area (Å²) in [7, 11) is 0. The molecule has 3 heterocycles. The van der Waals surface area contributed by atoms with Crippen molar-refractivity contribution in [2.24, 2.45) is 5.92 Å². The number of piperidine rings is 1. The highest BCUT2D eigenvalue weighted by Gasteiger charge is 2.57. The van der Waals surface area contributed by atoms with Crippen LogP contribution in [0.1, 0.15) is 47.8 Å². The molecule has 2 atom stereocenters. The van der Waals surface area contributed by atoms with Crippen molar-refractivity contribution in [1.82, 2.24) is 14.7 Å². The van der Waals surface area contributed by atoms with Gasteiger partial charge in [-0.1, -0.05) is 29.8 Å². The van der Waals surface area contributed by atoms with E-state index in [9.17, 15) is 27.5 Å². The van der Waals surface area contributed by atoms with Crippen LogP contribution in [0.2, 0.25) is 5.02 Å². The Balaban J connectivity index is 0.00000368. The van der Waals surface area contributed by atoms with Crippen molar-refractivity contribution in [3.05, 3.63) is 64.9 Å². The molecule has 0 amide bonds. The Hall–Kier alpha value is -3.02. The largest absolute Gasteiger partial charge is 0.478 e. The molecule has 7 nitrogen and oxygen atoms in total. The first-order chi connectivity index (χ1) is 20.1. The average Bonchev–Trinajstić information content (AvgIpc) is 3.35. The second-order valence-electron chi connectivity index (χ2n) is 11.4. The van der Waals surface area contributed by atoms with Crippen molar-refractivity contribution in [3.63, 3.8) is 0 Å². The number of carboxylic acids is 1. The fraction of sp³-hybridized carbons (Fsp3) is 0.467. The monoisotopic (exact) mass is 641 g/mol. The lowest BCUT2D eigenvalue weighted by molar-refractivity contribution is 0.0680. The van der Waals surface area contributed by atoms with Crippen LogP contribution in [0.3, 0.4) is 0 Å². The summed E-state index contributed by atoms with van der Waals surface area (Å²) in [6, 6.07) is 13.4. The van der Waals surface area contributed by atoms with Crippen LogP contribution in [-0.4, -0.2) is 77.5 Å². The third-order valence-corrected chi connectivity index (χ3v) is 8.90. The summed E-state index contributed by atoms with van der Waals surface area (Å²) in [5, 5.41) is 14.0. The van der Waals surface area contributed by atoms with Crippen molar-refractivity contribution in [1.29, 1.82) is 0 Å². The molecule has 0 spiro atoms. The van der Waals surface area contributed by atoms with E-state index in [1.165, 1.54) is 4.68 Å². The maximum Gasteiger partial charge on any atom is 0.339 e. The fourth-order valence-corrected chi connectivity index (χ4v) is 6.41. The zero-order chi connectivity index (χ0) is 29.6. The highest BCUT2D eigenvalue weighted by atomic mass is 35.5. The molecule has 2 aliphatic heterocycles. The second kappa shape index (κ2) is 12.5. The standard InChI is InChI=1S/C30H32ClF4N5O2.ClH/c31-21-5-8-24(19-3-6-22(7-4-19)38-12-10-37(11-13-38)17-20-15-30(20,34)35)26(14-21)39-9-1-2-23(18-39)40-27(28(32)33)25(16-36-40)29(41)42;/h3-8,14,16,20,23,28H,1-2,9-13,15,17-18H2,(H,41,42);1H. The van der Waals surface area contributed by atoms with E-state index in [-0.39, 0.29) is 18.8 Å².